The van der Waals surface area contributed by atoms with E-state index in [1.807, 2.05) is 0 Å². The number of unbranched alkanes of at least 4 members (excludes halogenated alkanes) is 16. The van der Waals surface area contributed by atoms with Crippen LogP contribution in [0.1, 0.15) is 182 Å². The minimum absolute atomic E-state index is 0. The van der Waals surface area contributed by atoms with E-state index in [0.29, 0.717) is 0 Å². The average molecular weight is 765 g/mol. The quantitative estimate of drug-likeness (QED) is 0.131. The van der Waals surface area contributed by atoms with Crippen molar-refractivity contribution in [2.45, 2.75) is 182 Å². The summed E-state index contributed by atoms with van der Waals surface area (Å²) in [5.74, 6) is -3.68. The van der Waals surface area contributed by atoms with Crippen LogP contribution in [0.4, 0.5) is 0 Å². The van der Waals surface area contributed by atoms with Gasteiger partial charge >= 0.3 is 20.1 Å². The monoisotopic (exact) mass is 765 g/mol. The van der Waals surface area contributed by atoms with Gasteiger partial charge in [-0.25, -0.2) is 0 Å². The average Bonchev–Trinajstić information content (AvgIpc) is 2.89. The van der Waals surface area contributed by atoms with Crippen molar-refractivity contribution in [2.24, 2.45) is 0 Å². The summed E-state index contributed by atoms with van der Waals surface area (Å²) < 4.78 is 0. The molecule has 0 saturated carbocycles. The van der Waals surface area contributed by atoms with Gasteiger partial charge in [0.1, 0.15) is 0 Å². The van der Waals surface area contributed by atoms with Crippen molar-refractivity contribution in [3.63, 3.8) is 0 Å². The fraction of sp³-hybridized carbons (Fsp3) is 0.875. The Kier molecular flexibility index (Phi) is 54.6. The Labute approximate surface area is 264 Å². The first-order valence-electron chi connectivity index (χ1n) is 15.9. The number of aliphatic carboxylic acids is 4. The molecular formula is C32H60IrO8. The summed E-state index contributed by atoms with van der Waals surface area (Å²) in [6.45, 7) is 8.55. The van der Waals surface area contributed by atoms with Crippen LogP contribution in [0.15, 0.2) is 0 Å². The number of rotatable bonds is 24. The number of carboxylic acid groups (broad SMARTS) is 4. The van der Waals surface area contributed by atoms with Crippen LogP contribution in [-0.2, 0) is 39.3 Å². The summed E-state index contributed by atoms with van der Waals surface area (Å²) >= 11 is 0. The van der Waals surface area contributed by atoms with Crippen LogP contribution in [0.25, 0.3) is 0 Å². The van der Waals surface area contributed by atoms with E-state index in [1.54, 1.807) is 0 Å². The number of hydrogen-bond donors (Lipinski definition) is 0. The molecule has 0 aliphatic rings. The van der Waals surface area contributed by atoms with E-state index in [0.717, 1.165) is 77.0 Å². The minimum Gasteiger partial charge on any atom is -0.550 e. The van der Waals surface area contributed by atoms with Crippen LogP contribution < -0.4 is 20.4 Å². The second-order valence-electron chi connectivity index (χ2n) is 10.1. The standard InChI is InChI=1S/4C8H16O2.Ir/c4*1-2-3-4-5-6-7-8(9)10;/h4*2-7H2,1H3,(H,9,10);/q;;;;+4/p-4. The van der Waals surface area contributed by atoms with E-state index < -0.39 is 23.9 Å². The number of carbonyl (C=O) groups is 4. The van der Waals surface area contributed by atoms with Gasteiger partial charge in [0, 0.05) is 23.9 Å². The molecular weight excluding hydrogens is 705 g/mol. The molecule has 0 N–H and O–H groups in total. The summed E-state index contributed by atoms with van der Waals surface area (Å²) in [5, 5.41) is 39.7. The van der Waals surface area contributed by atoms with Crippen molar-refractivity contribution >= 4 is 23.9 Å². The smallest absolute Gasteiger partial charge is 0.550 e. The van der Waals surface area contributed by atoms with Crippen molar-refractivity contribution in [3.8, 4) is 0 Å². The van der Waals surface area contributed by atoms with Gasteiger partial charge in [-0.15, -0.1) is 0 Å². The van der Waals surface area contributed by atoms with Gasteiger partial charge in [0.15, 0.2) is 0 Å². The van der Waals surface area contributed by atoms with Crippen LogP contribution in [0.2, 0.25) is 0 Å². The zero-order chi connectivity index (χ0) is 31.3. The van der Waals surface area contributed by atoms with E-state index >= 15 is 0 Å². The summed E-state index contributed by atoms with van der Waals surface area (Å²) in [6.07, 6.45) is 22.4. The van der Waals surface area contributed by atoms with E-state index in [-0.39, 0.29) is 45.8 Å². The van der Waals surface area contributed by atoms with Gasteiger partial charge in [0.2, 0.25) is 0 Å². The largest absolute Gasteiger partial charge is 4.00 e. The van der Waals surface area contributed by atoms with Crippen molar-refractivity contribution in [1.82, 2.24) is 0 Å². The van der Waals surface area contributed by atoms with Crippen molar-refractivity contribution < 1.29 is 59.7 Å². The molecule has 0 aliphatic heterocycles. The molecule has 0 atom stereocenters. The van der Waals surface area contributed by atoms with Crippen LogP contribution in [0.3, 0.4) is 0 Å². The predicted molar refractivity (Wildman–Crippen MR) is 154 cm³/mol. The molecule has 0 fully saturated rings. The van der Waals surface area contributed by atoms with Gasteiger partial charge in [-0.05, 0) is 51.4 Å². The molecule has 0 aromatic rings. The molecule has 1 radical (unpaired) electrons. The number of hydrogen-bond acceptors (Lipinski definition) is 8. The van der Waals surface area contributed by atoms with Crippen molar-refractivity contribution in [3.05, 3.63) is 0 Å². The summed E-state index contributed by atoms with van der Waals surface area (Å²) in [5.41, 5.74) is 0. The molecule has 0 unspecified atom stereocenters. The van der Waals surface area contributed by atoms with Crippen LogP contribution in [-0.4, -0.2) is 23.9 Å². The first-order valence-corrected chi connectivity index (χ1v) is 15.9. The Balaban J connectivity index is -0.000000139. The van der Waals surface area contributed by atoms with E-state index in [1.165, 1.54) is 51.4 Å². The molecule has 0 heterocycles. The van der Waals surface area contributed by atoms with Gasteiger partial charge in [-0.1, -0.05) is 130 Å². The molecule has 8 nitrogen and oxygen atoms in total. The summed E-state index contributed by atoms with van der Waals surface area (Å²) in [4.78, 5) is 39.7. The van der Waals surface area contributed by atoms with Crippen molar-refractivity contribution in [2.75, 3.05) is 0 Å². The maximum atomic E-state index is 9.92. The molecule has 0 amide bonds. The molecule has 0 rings (SSSR count). The third kappa shape index (κ3) is 73.1. The first-order chi connectivity index (χ1) is 19.1. The zero-order valence-corrected chi connectivity index (χ0v) is 29.0. The third-order valence-corrected chi connectivity index (χ3v) is 5.94. The van der Waals surface area contributed by atoms with Crippen LogP contribution >= 0.6 is 0 Å². The van der Waals surface area contributed by atoms with Gasteiger partial charge in [-0.2, -0.15) is 0 Å². The maximum Gasteiger partial charge on any atom is 4.00 e. The molecule has 245 valence electrons. The Hall–Kier alpha value is -1.47. The van der Waals surface area contributed by atoms with Gasteiger partial charge < -0.3 is 39.6 Å². The Bertz CT molecular complexity index is 460. The molecule has 0 aromatic carbocycles. The van der Waals surface area contributed by atoms with Crippen LogP contribution in [0, 0.1) is 0 Å². The fourth-order valence-electron chi connectivity index (χ4n) is 3.49. The van der Waals surface area contributed by atoms with Gasteiger partial charge in [0.25, 0.3) is 0 Å². The van der Waals surface area contributed by atoms with Gasteiger partial charge in [0.05, 0.1) is 0 Å². The Morgan fingerprint density at radius 2 is 0.463 bits per heavy atom. The number of carbonyl (C=O) groups excluding carboxylic acids is 4. The zero-order valence-electron chi connectivity index (χ0n) is 26.6. The fourth-order valence-corrected chi connectivity index (χ4v) is 3.49. The maximum absolute atomic E-state index is 9.92. The van der Waals surface area contributed by atoms with E-state index in [9.17, 15) is 39.6 Å². The molecule has 0 aromatic heterocycles. The molecule has 0 saturated heterocycles. The SMILES string of the molecule is CCCCCCCC(=O)[O-].CCCCCCCC(=O)[O-].CCCCCCCC(=O)[O-].CCCCCCCC(=O)[O-].[Ir+4]. The van der Waals surface area contributed by atoms with Crippen molar-refractivity contribution in [1.29, 1.82) is 0 Å². The van der Waals surface area contributed by atoms with E-state index in [4.69, 9.17) is 0 Å². The Morgan fingerprint density at radius 1 is 0.317 bits per heavy atom. The second-order valence-corrected chi connectivity index (χ2v) is 10.1. The topological polar surface area (TPSA) is 161 Å². The molecule has 9 heteroatoms. The summed E-state index contributed by atoms with van der Waals surface area (Å²) in [6, 6.07) is 0. The molecule has 0 aliphatic carbocycles. The molecule has 41 heavy (non-hydrogen) atoms. The van der Waals surface area contributed by atoms with Crippen LogP contribution in [0.5, 0.6) is 0 Å². The Morgan fingerprint density at radius 3 is 0.585 bits per heavy atom. The van der Waals surface area contributed by atoms with Gasteiger partial charge in [-0.3, -0.25) is 0 Å². The third-order valence-electron chi connectivity index (χ3n) is 5.94. The summed E-state index contributed by atoms with van der Waals surface area (Å²) in [7, 11) is 0. The first kappa shape index (κ1) is 49.2. The number of carboxylic acids is 4. The molecule has 0 spiro atoms. The second kappa shape index (κ2) is 45.5. The predicted octanol–water partition coefficient (Wildman–Crippen LogP) is 4.38. The normalized spacial score (nSPS) is 9.46. The molecule has 0 bridgehead atoms. The minimum atomic E-state index is -0.920. The van der Waals surface area contributed by atoms with E-state index in [2.05, 4.69) is 27.7 Å².